The van der Waals surface area contributed by atoms with E-state index in [0.29, 0.717) is 5.69 Å². The first kappa shape index (κ1) is 22.4. The number of sulfonamides is 1. The van der Waals surface area contributed by atoms with Crippen molar-refractivity contribution in [3.8, 4) is 0 Å². The second kappa shape index (κ2) is 8.86. The van der Waals surface area contributed by atoms with Crippen LogP contribution in [0.5, 0.6) is 0 Å². The number of aromatic nitrogens is 2. The Labute approximate surface area is 180 Å². The maximum Gasteiger partial charge on any atom is 0.269 e. The number of nitro groups is 1. The van der Waals surface area contributed by atoms with Gasteiger partial charge in [-0.3, -0.25) is 19.1 Å². The number of aliphatic hydroxyl groups is 1. The summed E-state index contributed by atoms with van der Waals surface area (Å²) in [5, 5.41) is 25.9. The summed E-state index contributed by atoms with van der Waals surface area (Å²) in [6, 6.07) is 13.4. The molecule has 3 aromatic rings. The van der Waals surface area contributed by atoms with E-state index in [4.69, 9.17) is 0 Å². The maximum absolute atomic E-state index is 13.4. The van der Waals surface area contributed by atoms with Crippen molar-refractivity contribution >= 4 is 21.4 Å². The standard InChI is InChI=1S/C21H24N4O5S/c1-15-4-6-18(7-5-15)24(14-20(26)13-23-17(3)12-16(2)22-23)31(29,30)21-10-8-19(9-11-21)25(27)28/h4-12,20,26H,13-14H2,1-3H3/t20-/m1/s1. The Morgan fingerprint density at radius 3 is 2.23 bits per heavy atom. The first-order valence-corrected chi connectivity index (χ1v) is 11.0. The van der Waals surface area contributed by atoms with E-state index in [2.05, 4.69) is 5.10 Å². The van der Waals surface area contributed by atoms with Crippen molar-refractivity contribution in [1.29, 1.82) is 0 Å². The average Bonchev–Trinajstić information content (AvgIpc) is 3.03. The number of anilines is 1. The Morgan fingerprint density at radius 2 is 1.71 bits per heavy atom. The average molecular weight is 445 g/mol. The van der Waals surface area contributed by atoms with Crippen LogP contribution in [0, 0.1) is 30.9 Å². The molecule has 0 unspecified atom stereocenters. The summed E-state index contributed by atoms with van der Waals surface area (Å²) in [6.45, 7) is 5.50. The van der Waals surface area contributed by atoms with Gasteiger partial charge in [0.05, 0.1) is 40.4 Å². The van der Waals surface area contributed by atoms with Crippen LogP contribution in [0.3, 0.4) is 0 Å². The number of hydrogen-bond acceptors (Lipinski definition) is 6. The molecule has 0 aliphatic rings. The molecule has 1 aromatic heterocycles. The summed E-state index contributed by atoms with van der Waals surface area (Å²) < 4.78 is 29.5. The molecule has 0 amide bonds. The van der Waals surface area contributed by atoms with E-state index < -0.39 is 21.1 Å². The van der Waals surface area contributed by atoms with Crippen LogP contribution in [-0.2, 0) is 16.6 Å². The van der Waals surface area contributed by atoms with Crippen LogP contribution in [0.25, 0.3) is 0 Å². The largest absolute Gasteiger partial charge is 0.389 e. The number of benzene rings is 2. The molecule has 1 N–H and O–H groups in total. The smallest absolute Gasteiger partial charge is 0.269 e. The van der Waals surface area contributed by atoms with Crippen molar-refractivity contribution in [1.82, 2.24) is 9.78 Å². The molecule has 1 atom stereocenters. The molecule has 9 nitrogen and oxygen atoms in total. The van der Waals surface area contributed by atoms with Gasteiger partial charge in [-0.1, -0.05) is 17.7 Å². The fourth-order valence-corrected chi connectivity index (χ4v) is 4.73. The van der Waals surface area contributed by atoms with Crippen LogP contribution in [0.4, 0.5) is 11.4 Å². The molecule has 31 heavy (non-hydrogen) atoms. The zero-order valence-corrected chi connectivity index (χ0v) is 18.3. The molecule has 10 heteroatoms. The molecule has 2 aromatic carbocycles. The van der Waals surface area contributed by atoms with Gasteiger partial charge in [0.1, 0.15) is 0 Å². The lowest BCUT2D eigenvalue weighted by Crippen LogP contribution is -2.39. The molecule has 0 saturated heterocycles. The Hall–Kier alpha value is -3.24. The number of aryl methyl sites for hydroxylation is 3. The van der Waals surface area contributed by atoms with Gasteiger partial charge < -0.3 is 5.11 Å². The molecule has 0 saturated carbocycles. The van der Waals surface area contributed by atoms with Crippen LogP contribution in [0.2, 0.25) is 0 Å². The van der Waals surface area contributed by atoms with Gasteiger partial charge in [0.2, 0.25) is 0 Å². The van der Waals surface area contributed by atoms with Crippen molar-refractivity contribution in [3.63, 3.8) is 0 Å². The van der Waals surface area contributed by atoms with E-state index in [1.807, 2.05) is 26.8 Å². The highest BCUT2D eigenvalue weighted by Crippen LogP contribution is 2.26. The lowest BCUT2D eigenvalue weighted by Gasteiger charge is -2.27. The van der Waals surface area contributed by atoms with Gasteiger partial charge >= 0.3 is 0 Å². The fourth-order valence-electron chi connectivity index (χ4n) is 3.23. The zero-order valence-electron chi connectivity index (χ0n) is 17.5. The van der Waals surface area contributed by atoms with Gasteiger partial charge in [-0.15, -0.1) is 0 Å². The first-order chi connectivity index (χ1) is 14.6. The van der Waals surface area contributed by atoms with Crippen molar-refractivity contribution in [2.75, 3.05) is 10.8 Å². The van der Waals surface area contributed by atoms with Crippen molar-refractivity contribution in [2.45, 2.75) is 38.3 Å². The Bertz CT molecular complexity index is 1170. The quantitative estimate of drug-likeness (QED) is 0.421. The summed E-state index contributed by atoms with van der Waals surface area (Å²) in [7, 11) is -4.08. The minimum absolute atomic E-state index is 0.100. The van der Waals surface area contributed by atoms with Crippen molar-refractivity contribution < 1.29 is 18.4 Å². The molecule has 0 aliphatic carbocycles. The van der Waals surface area contributed by atoms with Crippen molar-refractivity contribution in [3.05, 3.63) is 81.7 Å². The van der Waals surface area contributed by atoms with E-state index in [1.165, 1.54) is 12.1 Å². The lowest BCUT2D eigenvalue weighted by molar-refractivity contribution is -0.384. The van der Waals surface area contributed by atoms with Gasteiger partial charge in [0.15, 0.2) is 0 Å². The molecule has 1 heterocycles. The molecule has 0 spiro atoms. The van der Waals surface area contributed by atoms with Crippen LogP contribution in [0.15, 0.2) is 59.5 Å². The van der Waals surface area contributed by atoms with Crippen LogP contribution < -0.4 is 4.31 Å². The normalized spacial score (nSPS) is 12.5. The number of non-ortho nitro benzene ring substituents is 1. The fraction of sp³-hybridized carbons (Fsp3) is 0.286. The van der Waals surface area contributed by atoms with E-state index in [-0.39, 0.29) is 23.7 Å². The second-order valence-corrected chi connectivity index (χ2v) is 9.25. The lowest BCUT2D eigenvalue weighted by atomic mass is 10.2. The minimum Gasteiger partial charge on any atom is -0.389 e. The van der Waals surface area contributed by atoms with Crippen LogP contribution in [0.1, 0.15) is 17.0 Å². The second-order valence-electron chi connectivity index (χ2n) is 7.39. The van der Waals surface area contributed by atoms with E-state index in [1.54, 1.807) is 28.9 Å². The molecule has 3 rings (SSSR count). The molecule has 0 bridgehead atoms. The van der Waals surface area contributed by atoms with Crippen LogP contribution in [-0.4, -0.2) is 40.9 Å². The predicted octanol–water partition coefficient (Wildman–Crippen LogP) is 2.97. The monoisotopic (exact) mass is 444 g/mol. The third kappa shape index (κ3) is 5.09. The number of nitro benzene ring substituents is 1. The third-order valence-corrected chi connectivity index (χ3v) is 6.63. The Balaban J connectivity index is 1.94. The number of hydrogen-bond donors (Lipinski definition) is 1. The highest BCUT2D eigenvalue weighted by atomic mass is 32.2. The topological polar surface area (TPSA) is 119 Å². The number of rotatable bonds is 8. The van der Waals surface area contributed by atoms with E-state index in [9.17, 15) is 23.6 Å². The summed E-state index contributed by atoms with van der Waals surface area (Å²) in [5.41, 5.74) is 2.80. The van der Waals surface area contributed by atoms with Gasteiger partial charge in [0, 0.05) is 17.8 Å². The SMILES string of the molecule is Cc1ccc(N(C[C@H](O)Cn2nc(C)cc2C)S(=O)(=O)c2ccc([N+](=O)[O-])cc2)cc1. The number of nitrogens with zero attached hydrogens (tertiary/aromatic N) is 4. The van der Waals surface area contributed by atoms with Crippen LogP contribution >= 0.6 is 0 Å². The molecule has 164 valence electrons. The molecule has 0 aliphatic heterocycles. The summed E-state index contributed by atoms with van der Waals surface area (Å²) in [5.74, 6) is 0. The highest BCUT2D eigenvalue weighted by Gasteiger charge is 2.28. The van der Waals surface area contributed by atoms with Gasteiger partial charge in [-0.25, -0.2) is 8.42 Å². The summed E-state index contributed by atoms with van der Waals surface area (Å²) in [6.07, 6.45) is -1.04. The maximum atomic E-state index is 13.4. The first-order valence-electron chi connectivity index (χ1n) is 9.61. The number of aliphatic hydroxyl groups excluding tert-OH is 1. The van der Waals surface area contributed by atoms with E-state index >= 15 is 0 Å². The minimum atomic E-state index is -4.08. The summed E-state index contributed by atoms with van der Waals surface area (Å²) in [4.78, 5) is 10.2. The van der Waals surface area contributed by atoms with Crippen molar-refractivity contribution in [2.24, 2.45) is 0 Å². The summed E-state index contributed by atoms with van der Waals surface area (Å²) >= 11 is 0. The molecule has 0 radical (unpaired) electrons. The van der Waals surface area contributed by atoms with Gasteiger partial charge in [-0.05, 0) is 51.1 Å². The van der Waals surface area contributed by atoms with E-state index in [0.717, 1.165) is 33.4 Å². The van der Waals surface area contributed by atoms with Gasteiger partial charge in [-0.2, -0.15) is 5.10 Å². The zero-order chi connectivity index (χ0) is 22.8. The highest BCUT2D eigenvalue weighted by molar-refractivity contribution is 7.92. The molecular formula is C21H24N4O5S. The van der Waals surface area contributed by atoms with Gasteiger partial charge in [0.25, 0.3) is 15.7 Å². The third-order valence-electron chi connectivity index (χ3n) is 4.82. The Kier molecular flexibility index (Phi) is 6.42. The molecule has 0 fully saturated rings. The Morgan fingerprint density at radius 1 is 1.10 bits per heavy atom. The molecular weight excluding hydrogens is 420 g/mol. The predicted molar refractivity (Wildman–Crippen MR) is 117 cm³/mol.